The van der Waals surface area contributed by atoms with Crippen LogP contribution < -0.4 is 10.6 Å². The number of hydrogen-bond acceptors (Lipinski definition) is 4. The minimum atomic E-state index is -0.234. The summed E-state index contributed by atoms with van der Waals surface area (Å²) in [4.78, 5) is 22.0. The zero-order valence-corrected chi connectivity index (χ0v) is 11.8. The van der Waals surface area contributed by atoms with E-state index in [2.05, 4.69) is 30.8 Å². The second-order valence-corrected chi connectivity index (χ2v) is 5.52. The summed E-state index contributed by atoms with van der Waals surface area (Å²) in [5.74, 6) is 0.550. The number of hydrogen-bond donors (Lipinski definition) is 1. The van der Waals surface area contributed by atoms with Gasteiger partial charge in [-0.3, -0.25) is 4.79 Å². The van der Waals surface area contributed by atoms with Gasteiger partial charge in [-0.05, 0) is 34.5 Å². The van der Waals surface area contributed by atoms with Crippen LogP contribution >= 0.6 is 15.9 Å². The third-order valence-electron chi connectivity index (χ3n) is 3.48. The van der Waals surface area contributed by atoms with E-state index in [9.17, 15) is 4.79 Å². The Labute approximate surface area is 119 Å². The van der Waals surface area contributed by atoms with Crippen molar-refractivity contribution in [3.8, 4) is 0 Å². The van der Waals surface area contributed by atoms with Crippen LogP contribution in [0.2, 0.25) is 0 Å². The van der Waals surface area contributed by atoms with Gasteiger partial charge in [0.25, 0.3) is 0 Å². The molecule has 0 radical (unpaired) electrons. The molecule has 6 heteroatoms. The highest BCUT2D eigenvalue weighted by Crippen LogP contribution is 2.30. The summed E-state index contributed by atoms with van der Waals surface area (Å²) >= 11 is 3.49. The number of halogens is 1. The van der Waals surface area contributed by atoms with Crippen molar-refractivity contribution in [2.45, 2.75) is 6.42 Å². The first-order valence-corrected chi connectivity index (χ1v) is 6.89. The molecule has 1 aliphatic heterocycles. The van der Waals surface area contributed by atoms with Gasteiger partial charge in [-0.25, -0.2) is 9.97 Å². The maximum atomic E-state index is 11.3. The predicted octanol–water partition coefficient (Wildman–Crippen LogP) is 1.70. The van der Waals surface area contributed by atoms with Crippen LogP contribution in [-0.4, -0.2) is 29.0 Å². The van der Waals surface area contributed by atoms with Crippen LogP contribution in [0.15, 0.2) is 29.0 Å². The Kier molecular flexibility index (Phi) is 3.10. The molecule has 0 saturated carbocycles. The molecule has 19 heavy (non-hydrogen) atoms. The maximum absolute atomic E-state index is 11.3. The number of carbonyl (C=O) groups excluding carboxylic acids is 1. The van der Waals surface area contributed by atoms with Crippen LogP contribution in [0.3, 0.4) is 0 Å². The second-order valence-electron chi connectivity index (χ2n) is 4.67. The van der Waals surface area contributed by atoms with Gasteiger partial charge in [0.05, 0.1) is 11.4 Å². The van der Waals surface area contributed by atoms with Crippen molar-refractivity contribution in [1.82, 2.24) is 9.97 Å². The van der Waals surface area contributed by atoms with E-state index in [4.69, 9.17) is 5.73 Å². The fourth-order valence-corrected chi connectivity index (χ4v) is 2.94. The second kappa shape index (κ2) is 4.77. The van der Waals surface area contributed by atoms with Gasteiger partial charge in [-0.2, -0.15) is 0 Å². The lowest BCUT2D eigenvalue weighted by Crippen LogP contribution is -2.27. The Balaban J connectivity index is 2.02. The average molecular weight is 321 g/mol. The summed E-state index contributed by atoms with van der Waals surface area (Å²) in [6.45, 7) is 1.43. The molecule has 1 unspecified atom stereocenters. The zero-order chi connectivity index (χ0) is 13.4. The standard InChI is InChI=1S/C13H13BrN4O/c14-10-3-1-2-9-11(10)16-7-17-13(9)18-5-4-8(6-18)12(15)19/h1-3,7-8H,4-6H2,(H2,15,19). The van der Waals surface area contributed by atoms with Crippen molar-refractivity contribution in [3.63, 3.8) is 0 Å². The number of primary amides is 1. The van der Waals surface area contributed by atoms with Gasteiger partial charge in [-0.1, -0.05) is 6.07 Å². The van der Waals surface area contributed by atoms with E-state index in [1.165, 1.54) is 0 Å². The molecule has 2 aromatic rings. The van der Waals surface area contributed by atoms with Gasteiger partial charge in [0, 0.05) is 22.9 Å². The third-order valence-corrected chi connectivity index (χ3v) is 4.12. The molecule has 98 valence electrons. The number of nitrogens with zero attached hydrogens (tertiary/aromatic N) is 3. The summed E-state index contributed by atoms with van der Waals surface area (Å²) in [6.07, 6.45) is 2.34. The van der Waals surface area contributed by atoms with E-state index < -0.39 is 0 Å². The first kappa shape index (κ1) is 12.3. The van der Waals surface area contributed by atoms with Gasteiger partial charge in [0.2, 0.25) is 5.91 Å². The van der Waals surface area contributed by atoms with E-state index >= 15 is 0 Å². The van der Waals surface area contributed by atoms with Crippen LogP contribution in [0.25, 0.3) is 10.9 Å². The smallest absolute Gasteiger partial charge is 0.222 e. The molecule has 1 atom stereocenters. The Morgan fingerprint density at radius 3 is 3.00 bits per heavy atom. The van der Waals surface area contributed by atoms with E-state index in [-0.39, 0.29) is 11.8 Å². The predicted molar refractivity (Wildman–Crippen MR) is 76.8 cm³/mol. The highest BCUT2D eigenvalue weighted by atomic mass is 79.9. The first-order valence-electron chi connectivity index (χ1n) is 6.10. The number of nitrogens with two attached hydrogens (primary N) is 1. The number of carbonyl (C=O) groups is 1. The molecule has 0 aliphatic carbocycles. The maximum Gasteiger partial charge on any atom is 0.222 e. The molecule has 2 N–H and O–H groups in total. The molecule has 5 nitrogen and oxygen atoms in total. The van der Waals surface area contributed by atoms with E-state index in [1.807, 2.05) is 18.2 Å². The van der Waals surface area contributed by atoms with Gasteiger partial charge in [-0.15, -0.1) is 0 Å². The van der Waals surface area contributed by atoms with Gasteiger partial charge >= 0.3 is 0 Å². The first-order chi connectivity index (χ1) is 9.16. The van der Waals surface area contributed by atoms with Crippen molar-refractivity contribution in [3.05, 3.63) is 29.0 Å². The molecular formula is C13H13BrN4O. The van der Waals surface area contributed by atoms with Crippen LogP contribution in [0.4, 0.5) is 5.82 Å². The number of aromatic nitrogens is 2. The molecule has 1 fully saturated rings. The molecule has 2 heterocycles. The van der Waals surface area contributed by atoms with Crippen LogP contribution in [0.1, 0.15) is 6.42 Å². The third kappa shape index (κ3) is 2.16. The molecular weight excluding hydrogens is 308 g/mol. The summed E-state index contributed by atoms with van der Waals surface area (Å²) in [5.41, 5.74) is 6.25. The fourth-order valence-electron chi connectivity index (χ4n) is 2.47. The van der Waals surface area contributed by atoms with Crippen LogP contribution in [-0.2, 0) is 4.79 Å². The number of amides is 1. The van der Waals surface area contributed by atoms with Gasteiger partial charge in [0.1, 0.15) is 12.1 Å². The molecule has 1 aliphatic rings. The Hall–Kier alpha value is -1.69. The van der Waals surface area contributed by atoms with Crippen LogP contribution in [0.5, 0.6) is 0 Å². The molecule has 0 spiro atoms. The summed E-state index contributed by atoms with van der Waals surface area (Å²) in [6, 6.07) is 5.91. The fraction of sp³-hybridized carbons (Fsp3) is 0.308. The Bertz CT molecular complexity index is 646. The lowest BCUT2D eigenvalue weighted by atomic mass is 10.1. The highest BCUT2D eigenvalue weighted by molar-refractivity contribution is 9.10. The minimum absolute atomic E-state index is 0.0860. The Morgan fingerprint density at radius 1 is 1.42 bits per heavy atom. The normalized spacial score (nSPS) is 19.0. The highest BCUT2D eigenvalue weighted by Gasteiger charge is 2.28. The lowest BCUT2D eigenvalue weighted by Gasteiger charge is -2.18. The topological polar surface area (TPSA) is 72.1 Å². The van der Waals surface area contributed by atoms with Gasteiger partial charge < -0.3 is 10.6 Å². The van der Waals surface area contributed by atoms with Gasteiger partial charge in [0.15, 0.2) is 0 Å². The van der Waals surface area contributed by atoms with Crippen molar-refractivity contribution >= 4 is 38.6 Å². The zero-order valence-electron chi connectivity index (χ0n) is 10.2. The number of benzene rings is 1. The number of rotatable bonds is 2. The molecule has 1 saturated heterocycles. The van der Waals surface area contributed by atoms with E-state index in [0.29, 0.717) is 6.54 Å². The molecule has 3 rings (SSSR count). The summed E-state index contributed by atoms with van der Waals surface area (Å²) in [5, 5.41) is 0.988. The number of fused-ring (bicyclic) bond motifs is 1. The summed E-state index contributed by atoms with van der Waals surface area (Å²) in [7, 11) is 0. The molecule has 1 aromatic heterocycles. The minimum Gasteiger partial charge on any atom is -0.369 e. The van der Waals surface area contributed by atoms with Crippen molar-refractivity contribution in [2.75, 3.05) is 18.0 Å². The van der Waals surface area contributed by atoms with Crippen molar-refractivity contribution in [1.29, 1.82) is 0 Å². The van der Waals surface area contributed by atoms with E-state index in [1.54, 1.807) is 6.33 Å². The Morgan fingerprint density at radius 2 is 2.26 bits per heavy atom. The van der Waals surface area contributed by atoms with Crippen molar-refractivity contribution < 1.29 is 4.79 Å². The molecule has 0 bridgehead atoms. The average Bonchev–Trinajstić information content (AvgIpc) is 2.88. The lowest BCUT2D eigenvalue weighted by molar-refractivity contribution is -0.121. The van der Waals surface area contributed by atoms with E-state index in [0.717, 1.165) is 34.2 Å². The quantitative estimate of drug-likeness (QED) is 0.914. The summed E-state index contributed by atoms with van der Waals surface area (Å²) < 4.78 is 0.944. The SMILES string of the molecule is NC(=O)C1CCN(c2ncnc3c(Br)cccc23)C1. The largest absolute Gasteiger partial charge is 0.369 e. The van der Waals surface area contributed by atoms with Crippen LogP contribution in [0, 0.1) is 5.92 Å². The molecule has 1 amide bonds. The van der Waals surface area contributed by atoms with Crippen molar-refractivity contribution in [2.24, 2.45) is 11.7 Å². The molecule has 1 aromatic carbocycles. The monoisotopic (exact) mass is 320 g/mol. The number of para-hydroxylation sites is 1. The number of anilines is 1.